The molecule has 0 saturated heterocycles. The summed E-state index contributed by atoms with van der Waals surface area (Å²) in [4.78, 5) is 10.4. The number of hydrogen-bond donors (Lipinski definition) is 0. The number of hydrogen-bond acceptors (Lipinski definition) is 3. The minimum absolute atomic E-state index is 0.530. The molecule has 0 fully saturated rings. The van der Waals surface area contributed by atoms with Gasteiger partial charge in [-0.25, -0.2) is 9.97 Å². The Morgan fingerprint density at radius 1 is 0.329 bits per heavy atom. The highest BCUT2D eigenvalue weighted by Crippen LogP contribution is 2.43. The quantitative estimate of drug-likeness (QED) is 0.160. The average molecular weight is 900 g/mol. The summed E-state index contributed by atoms with van der Waals surface area (Å²) in [6.45, 7) is 12.5. The number of nitrogens with zero attached hydrogens (tertiary/aromatic N) is 5. The highest BCUT2D eigenvalue weighted by Gasteiger charge is 2.24. The third-order valence-corrected chi connectivity index (χ3v) is 14.0. The lowest BCUT2D eigenvalue weighted by atomic mass is 10.0. The zero-order valence-corrected chi connectivity index (χ0v) is 40.1. The Bertz CT molecular complexity index is 3860. The lowest BCUT2D eigenvalue weighted by molar-refractivity contribution is 1.05. The molecule has 0 spiro atoms. The fraction of sp³-hybridized carbons (Fsp3) is 0.0923. The van der Waals surface area contributed by atoms with Gasteiger partial charge in [0.2, 0.25) is 0 Å². The zero-order valence-electron chi connectivity index (χ0n) is 40.1. The van der Waals surface area contributed by atoms with Crippen LogP contribution in [0.15, 0.2) is 188 Å². The number of nitriles is 1. The second-order valence-corrected chi connectivity index (χ2v) is 19.0. The maximum Gasteiger partial charge on any atom is 0.161 e. The lowest BCUT2D eigenvalue weighted by Gasteiger charge is -2.19. The van der Waals surface area contributed by atoms with Gasteiger partial charge in [0.15, 0.2) is 5.82 Å². The Kier molecular flexibility index (Phi) is 10.2. The van der Waals surface area contributed by atoms with Gasteiger partial charge in [0.25, 0.3) is 0 Å². The van der Waals surface area contributed by atoms with Crippen LogP contribution in [0.4, 0.5) is 0 Å². The molecule has 0 amide bonds. The van der Waals surface area contributed by atoms with Crippen molar-refractivity contribution in [2.75, 3.05) is 0 Å². The monoisotopic (exact) mass is 899 g/mol. The van der Waals surface area contributed by atoms with Crippen molar-refractivity contribution < 1.29 is 0 Å². The Balaban J connectivity index is 1.20. The summed E-state index contributed by atoms with van der Waals surface area (Å²) < 4.78 is 4.64. The molecule has 9 aromatic carbocycles. The molecule has 334 valence electrons. The average Bonchev–Trinajstić information content (AvgIpc) is 3.87. The van der Waals surface area contributed by atoms with Gasteiger partial charge in [-0.3, -0.25) is 0 Å². The number of aryl methyl sites for hydroxylation is 6. The molecule has 0 N–H and O–H groups in total. The van der Waals surface area contributed by atoms with E-state index in [9.17, 15) is 5.26 Å². The fourth-order valence-corrected chi connectivity index (χ4v) is 10.3. The molecular weight excluding hydrogens is 851 g/mol. The van der Waals surface area contributed by atoms with Gasteiger partial charge < -0.3 is 9.13 Å². The van der Waals surface area contributed by atoms with E-state index >= 15 is 0 Å². The van der Waals surface area contributed by atoms with Gasteiger partial charge in [0.05, 0.1) is 39.0 Å². The molecule has 0 unspecified atom stereocenters. The van der Waals surface area contributed by atoms with Crippen molar-refractivity contribution in [1.82, 2.24) is 19.1 Å². The second-order valence-electron chi connectivity index (χ2n) is 19.0. The van der Waals surface area contributed by atoms with Crippen molar-refractivity contribution in [3.05, 3.63) is 227 Å². The first-order valence-corrected chi connectivity index (χ1v) is 23.9. The summed E-state index contributed by atoms with van der Waals surface area (Å²) in [5, 5.41) is 16.0. The predicted molar refractivity (Wildman–Crippen MR) is 291 cm³/mol. The van der Waals surface area contributed by atoms with Crippen LogP contribution < -0.4 is 0 Å². The molecule has 12 rings (SSSR count). The summed E-state index contributed by atoms with van der Waals surface area (Å²) in [6, 6.07) is 70.8. The van der Waals surface area contributed by atoms with Crippen LogP contribution in [0.25, 0.3) is 111 Å². The number of benzene rings is 9. The van der Waals surface area contributed by atoms with Crippen molar-refractivity contribution in [1.29, 1.82) is 5.26 Å². The molecule has 0 aliphatic heterocycles. The van der Waals surface area contributed by atoms with Gasteiger partial charge >= 0.3 is 0 Å². The van der Waals surface area contributed by atoms with Crippen molar-refractivity contribution in [2.45, 2.75) is 41.5 Å². The Hall–Kier alpha value is -8.85. The topological polar surface area (TPSA) is 59.4 Å². The van der Waals surface area contributed by atoms with Gasteiger partial charge in [0, 0.05) is 38.5 Å². The summed E-state index contributed by atoms with van der Waals surface area (Å²) >= 11 is 0. The van der Waals surface area contributed by atoms with Crippen LogP contribution in [0.1, 0.15) is 39.2 Å². The third kappa shape index (κ3) is 7.33. The lowest BCUT2D eigenvalue weighted by Crippen LogP contribution is -2.06. The Morgan fingerprint density at radius 3 is 0.943 bits per heavy atom. The molecule has 3 aromatic heterocycles. The van der Waals surface area contributed by atoms with Gasteiger partial charge in [-0.1, -0.05) is 168 Å². The van der Waals surface area contributed by atoms with Crippen molar-refractivity contribution >= 4 is 43.6 Å². The maximum atomic E-state index is 11.6. The van der Waals surface area contributed by atoms with Crippen molar-refractivity contribution in [3.63, 3.8) is 0 Å². The van der Waals surface area contributed by atoms with Crippen LogP contribution in [0.3, 0.4) is 0 Å². The molecule has 0 radical (unpaired) electrons. The first-order chi connectivity index (χ1) is 34.1. The SMILES string of the molecule is Cc1ccc(-c2ccc3c4ccc(-c5ccc(C)cc5)cc4n(-c4cc(-c5nc(C)cc(C)n5)c(-n5c6cc(-c7ccc(C)cc7)ccc6c6ccc(-c7ccc(C)cc7)cc65)cc4C#N)c3c2)cc1. The molecule has 0 bridgehead atoms. The molecule has 0 aliphatic rings. The normalized spacial score (nSPS) is 11.6. The summed E-state index contributed by atoms with van der Waals surface area (Å²) in [5.41, 5.74) is 22.5. The van der Waals surface area contributed by atoms with E-state index in [4.69, 9.17) is 9.97 Å². The minimum atomic E-state index is 0.530. The van der Waals surface area contributed by atoms with E-state index in [0.29, 0.717) is 11.4 Å². The standard InChI is InChI=1S/C65H49N5/c1-39-7-15-45(16-8-39)49-23-27-54-55-28-24-50(46-17-9-40(2)10-18-46)33-61(55)69(60(54)32-49)59-37-58(65-67-43(5)31-44(6)68-65)64(36-53(59)38-66)70-62-34-51(47-19-11-41(3)12-20-47)25-29-56(62)57-30-26-52(35-63(57)70)48-21-13-42(4)14-22-48/h7-37H,1-6H3. The molecule has 5 nitrogen and oxygen atoms in total. The first-order valence-electron chi connectivity index (χ1n) is 23.9. The fourth-order valence-electron chi connectivity index (χ4n) is 10.3. The van der Waals surface area contributed by atoms with E-state index in [1.165, 1.54) is 22.3 Å². The Labute approximate surface area is 408 Å². The van der Waals surface area contributed by atoms with E-state index in [-0.39, 0.29) is 0 Å². The van der Waals surface area contributed by atoms with Crippen LogP contribution in [0, 0.1) is 52.9 Å². The number of aromatic nitrogens is 4. The van der Waals surface area contributed by atoms with E-state index in [1.807, 2.05) is 19.9 Å². The first kappa shape index (κ1) is 42.5. The smallest absolute Gasteiger partial charge is 0.161 e. The van der Waals surface area contributed by atoms with Crippen LogP contribution in [0.2, 0.25) is 0 Å². The molecule has 5 heteroatoms. The van der Waals surface area contributed by atoms with Gasteiger partial charge in [-0.15, -0.1) is 0 Å². The summed E-state index contributed by atoms with van der Waals surface area (Å²) in [5.74, 6) is 0.596. The van der Waals surface area contributed by atoms with Crippen LogP contribution in [-0.2, 0) is 0 Å². The van der Waals surface area contributed by atoms with Gasteiger partial charge in [-0.2, -0.15) is 5.26 Å². The molecule has 0 atom stereocenters. The van der Waals surface area contributed by atoms with E-state index in [1.54, 1.807) is 0 Å². The molecule has 12 aromatic rings. The number of fused-ring (bicyclic) bond motifs is 6. The molecular formula is C65H49N5. The molecule has 0 aliphatic carbocycles. The van der Waals surface area contributed by atoms with E-state index in [2.05, 4.69) is 225 Å². The second kappa shape index (κ2) is 16.7. The zero-order chi connectivity index (χ0) is 47.8. The number of rotatable bonds is 7. The van der Waals surface area contributed by atoms with E-state index < -0.39 is 0 Å². The summed E-state index contributed by atoms with van der Waals surface area (Å²) in [7, 11) is 0. The minimum Gasteiger partial charge on any atom is -0.308 e. The third-order valence-electron chi connectivity index (χ3n) is 14.0. The predicted octanol–water partition coefficient (Wildman–Crippen LogP) is 16.7. The van der Waals surface area contributed by atoms with Crippen LogP contribution in [-0.4, -0.2) is 19.1 Å². The summed E-state index contributed by atoms with van der Waals surface area (Å²) in [6.07, 6.45) is 0. The highest BCUT2D eigenvalue weighted by molar-refractivity contribution is 6.13. The largest absolute Gasteiger partial charge is 0.308 e. The molecule has 70 heavy (non-hydrogen) atoms. The maximum absolute atomic E-state index is 11.6. The van der Waals surface area contributed by atoms with Gasteiger partial charge in [0.1, 0.15) is 6.07 Å². The Morgan fingerprint density at radius 2 is 0.629 bits per heavy atom. The van der Waals surface area contributed by atoms with E-state index in [0.717, 1.165) is 116 Å². The molecule has 0 saturated carbocycles. The van der Waals surface area contributed by atoms with Crippen molar-refractivity contribution in [3.8, 4) is 73.3 Å². The van der Waals surface area contributed by atoms with Gasteiger partial charge in [-0.05, 0) is 129 Å². The van der Waals surface area contributed by atoms with Crippen LogP contribution in [0.5, 0.6) is 0 Å². The van der Waals surface area contributed by atoms with Crippen molar-refractivity contribution in [2.24, 2.45) is 0 Å². The highest BCUT2D eigenvalue weighted by atomic mass is 15.0. The molecule has 3 heterocycles. The van der Waals surface area contributed by atoms with Crippen LogP contribution >= 0.6 is 0 Å².